The number of amides is 2. The lowest BCUT2D eigenvalue weighted by molar-refractivity contribution is -0.113. The van der Waals surface area contributed by atoms with Crippen LogP contribution in [0.2, 0.25) is 5.02 Å². The van der Waals surface area contributed by atoms with Gasteiger partial charge in [0, 0.05) is 22.3 Å². The number of benzene rings is 2. The number of thioether (sulfide) groups is 1. The van der Waals surface area contributed by atoms with Crippen molar-refractivity contribution in [1.29, 1.82) is 0 Å². The third kappa shape index (κ3) is 5.80. The molecule has 3 rings (SSSR count). The highest BCUT2D eigenvalue weighted by Crippen LogP contribution is 2.22. The maximum absolute atomic E-state index is 13.0. The van der Waals surface area contributed by atoms with Crippen LogP contribution in [0.15, 0.2) is 71.8 Å². The molecule has 2 aromatic carbocycles. The number of halogens is 2. The van der Waals surface area contributed by atoms with Crippen LogP contribution < -0.4 is 10.6 Å². The van der Waals surface area contributed by atoms with E-state index < -0.39 is 5.82 Å². The summed E-state index contributed by atoms with van der Waals surface area (Å²) in [5.41, 5.74) is 0.938. The average molecular weight is 416 g/mol. The average Bonchev–Trinajstić information content (AvgIpc) is 2.69. The van der Waals surface area contributed by atoms with Crippen LogP contribution in [-0.2, 0) is 4.79 Å². The van der Waals surface area contributed by atoms with Crippen LogP contribution in [0.1, 0.15) is 10.4 Å². The second kappa shape index (κ2) is 9.34. The molecule has 8 heteroatoms. The largest absolute Gasteiger partial charge is 0.322 e. The molecule has 0 aliphatic heterocycles. The fourth-order valence-corrected chi connectivity index (χ4v) is 3.11. The van der Waals surface area contributed by atoms with E-state index in [1.807, 2.05) is 6.07 Å². The molecule has 0 aliphatic carbocycles. The zero-order valence-corrected chi connectivity index (χ0v) is 16.1. The molecular weight excluding hydrogens is 401 g/mol. The molecular formula is C20H15ClFN3O2S. The van der Waals surface area contributed by atoms with Crippen molar-refractivity contribution in [2.24, 2.45) is 0 Å². The summed E-state index contributed by atoms with van der Waals surface area (Å²) < 4.78 is 13.0. The maximum Gasteiger partial charge on any atom is 0.255 e. The Balaban J connectivity index is 1.55. The van der Waals surface area contributed by atoms with E-state index in [4.69, 9.17) is 11.6 Å². The van der Waals surface area contributed by atoms with Gasteiger partial charge in [-0.15, -0.1) is 11.8 Å². The molecule has 3 aromatic rings. The monoisotopic (exact) mass is 415 g/mol. The number of rotatable bonds is 6. The van der Waals surface area contributed by atoms with Crippen LogP contribution in [0.4, 0.5) is 15.9 Å². The number of nitrogens with zero attached hydrogens (tertiary/aromatic N) is 1. The first-order valence-electron chi connectivity index (χ1n) is 8.21. The number of carbonyl (C=O) groups is 2. The van der Waals surface area contributed by atoms with Gasteiger partial charge < -0.3 is 10.6 Å². The van der Waals surface area contributed by atoms with Gasteiger partial charge in [-0.25, -0.2) is 9.37 Å². The van der Waals surface area contributed by atoms with Crippen LogP contribution in [0.5, 0.6) is 0 Å². The van der Waals surface area contributed by atoms with Gasteiger partial charge in [0.15, 0.2) is 0 Å². The Morgan fingerprint density at radius 2 is 1.82 bits per heavy atom. The minimum absolute atomic E-state index is 0.180. The molecule has 0 saturated carbocycles. The summed E-state index contributed by atoms with van der Waals surface area (Å²) in [5.74, 6) is -0.341. The van der Waals surface area contributed by atoms with Gasteiger partial charge >= 0.3 is 0 Å². The normalized spacial score (nSPS) is 10.4. The number of nitrogens with one attached hydrogen (secondary N) is 2. The second-order valence-corrected chi connectivity index (χ2v) is 7.17. The van der Waals surface area contributed by atoms with Crippen molar-refractivity contribution in [2.45, 2.75) is 4.90 Å². The van der Waals surface area contributed by atoms with Crippen LogP contribution >= 0.6 is 23.4 Å². The van der Waals surface area contributed by atoms with Gasteiger partial charge in [0.1, 0.15) is 11.6 Å². The van der Waals surface area contributed by atoms with E-state index in [1.54, 1.807) is 30.3 Å². The van der Waals surface area contributed by atoms with Crippen molar-refractivity contribution in [2.75, 3.05) is 16.4 Å². The van der Waals surface area contributed by atoms with Gasteiger partial charge in [0.05, 0.1) is 10.8 Å². The first-order chi connectivity index (χ1) is 13.5. The minimum Gasteiger partial charge on any atom is -0.322 e. The SMILES string of the molecule is O=C(CSc1cccc(NC(=O)c2ccc(F)cc2)c1)Nc1ccc(Cl)cn1. The predicted octanol–water partition coefficient (Wildman–Crippen LogP) is 4.86. The van der Waals surface area contributed by atoms with Crippen molar-refractivity contribution in [3.63, 3.8) is 0 Å². The number of hydrogen-bond donors (Lipinski definition) is 2. The standard InChI is InChI=1S/C20H15ClFN3O2S/c21-14-6-9-18(23-11-14)25-19(26)12-28-17-3-1-2-16(10-17)24-20(27)13-4-7-15(22)8-5-13/h1-11H,12H2,(H,24,27)(H,23,25,26). The van der Waals surface area contributed by atoms with Gasteiger partial charge in [0.25, 0.3) is 5.91 Å². The predicted molar refractivity (Wildman–Crippen MR) is 109 cm³/mol. The van der Waals surface area contributed by atoms with Crippen LogP contribution in [0.3, 0.4) is 0 Å². The van der Waals surface area contributed by atoms with E-state index in [-0.39, 0.29) is 17.6 Å². The lowest BCUT2D eigenvalue weighted by atomic mass is 10.2. The van der Waals surface area contributed by atoms with Gasteiger partial charge in [-0.2, -0.15) is 0 Å². The third-order valence-electron chi connectivity index (χ3n) is 3.56. The Bertz CT molecular complexity index is 982. The van der Waals surface area contributed by atoms with Gasteiger partial charge in [-0.1, -0.05) is 17.7 Å². The summed E-state index contributed by atoms with van der Waals surface area (Å²) in [6.07, 6.45) is 1.46. The molecule has 0 radical (unpaired) electrons. The summed E-state index contributed by atoms with van der Waals surface area (Å²) in [5, 5.41) is 5.93. The summed E-state index contributed by atoms with van der Waals surface area (Å²) in [6, 6.07) is 15.7. The Hall–Kier alpha value is -2.90. The maximum atomic E-state index is 13.0. The Labute approximate surface area is 170 Å². The summed E-state index contributed by atoms with van der Waals surface area (Å²) in [4.78, 5) is 29.1. The fourth-order valence-electron chi connectivity index (χ4n) is 2.25. The Morgan fingerprint density at radius 3 is 2.54 bits per heavy atom. The molecule has 0 spiro atoms. The number of hydrogen-bond acceptors (Lipinski definition) is 4. The molecule has 0 atom stereocenters. The fraction of sp³-hybridized carbons (Fsp3) is 0.0500. The number of pyridine rings is 1. The van der Waals surface area contributed by atoms with Gasteiger partial charge in [-0.05, 0) is 54.6 Å². The smallest absolute Gasteiger partial charge is 0.255 e. The quantitative estimate of drug-likeness (QED) is 0.564. The first kappa shape index (κ1) is 19.9. The Kier molecular flexibility index (Phi) is 6.62. The van der Waals surface area contributed by atoms with Crippen molar-refractivity contribution in [3.05, 3.63) is 83.3 Å². The van der Waals surface area contributed by atoms with Crippen molar-refractivity contribution in [3.8, 4) is 0 Å². The van der Waals surface area contributed by atoms with E-state index >= 15 is 0 Å². The van der Waals surface area contributed by atoms with Crippen LogP contribution in [0.25, 0.3) is 0 Å². The lowest BCUT2D eigenvalue weighted by Gasteiger charge is -2.08. The molecule has 1 aromatic heterocycles. The van der Waals surface area contributed by atoms with Crippen LogP contribution in [0, 0.1) is 5.82 Å². The van der Waals surface area contributed by atoms with Crippen molar-refractivity contribution >= 4 is 46.7 Å². The molecule has 142 valence electrons. The highest BCUT2D eigenvalue weighted by Gasteiger charge is 2.08. The van der Waals surface area contributed by atoms with E-state index in [0.717, 1.165) is 4.90 Å². The summed E-state index contributed by atoms with van der Waals surface area (Å²) in [7, 11) is 0. The molecule has 1 heterocycles. The van der Waals surface area contributed by atoms with Crippen molar-refractivity contribution in [1.82, 2.24) is 4.98 Å². The molecule has 0 bridgehead atoms. The zero-order chi connectivity index (χ0) is 19.9. The van der Waals surface area contributed by atoms with E-state index in [0.29, 0.717) is 22.1 Å². The third-order valence-corrected chi connectivity index (χ3v) is 4.78. The van der Waals surface area contributed by atoms with Crippen molar-refractivity contribution < 1.29 is 14.0 Å². The molecule has 0 aliphatic rings. The van der Waals surface area contributed by atoms with Gasteiger partial charge in [0.2, 0.25) is 5.91 Å². The minimum atomic E-state index is -0.401. The number of anilines is 2. The van der Waals surface area contributed by atoms with E-state index in [1.165, 1.54) is 42.2 Å². The Morgan fingerprint density at radius 1 is 1.04 bits per heavy atom. The number of aromatic nitrogens is 1. The molecule has 0 saturated heterocycles. The first-order valence-corrected chi connectivity index (χ1v) is 9.57. The molecule has 2 amide bonds. The van der Waals surface area contributed by atoms with E-state index in [9.17, 15) is 14.0 Å². The topological polar surface area (TPSA) is 71.1 Å². The highest BCUT2D eigenvalue weighted by molar-refractivity contribution is 8.00. The molecule has 2 N–H and O–H groups in total. The summed E-state index contributed by atoms with van der Waals surface area (Å²) in [6.45, 7) is 0. The highest BCUT2D eigenvalue weighted by atomic mass is 35.5. The lowest BCUT2D eigenvalue weighted by Crippen LogP contribution is -2.15. The van der Waals surface area contributed by atoms with E-state index in [2.05, 4.69) is 15.6 Å². The van der Waals surface area contributed by atoms with Crippen LogP contribution in [-0.4, -0.2) is 22.6 Å². The molecule has 0 fully saturated rings. The summed E-state index contributed by atoms with van der Waals surface area (Å²) >= 11 is 7.08. The van der Waals surface area contributed by atoms with Gasteiger partial charge in [-0.3, -0.25) is 9.59 Å². The second-order valence-electron chi connectivity index (χ2n) is 5.69. The molecule has 0 unspecified atom stereocenters. The number of carbonyl (C=O) groups excluding carboxylic acids is 2. The zero-order valence-electron chi connectivity index (χ0n) is 14.5. The molecule has 28 heavy (non-hydrogen) atoms. The molecule has 5 nitrogen and oxygen atoms in total.